The Kier molecular flexibility index (Phi) is 4.35. The summed E-state index contributed by atoms with van der Waals surface area (Å²) in [5.74, 6) is -2.11. The summed E-state index contributed by atoms with van der Waals surface area (Å²) in [7, 11) is -2.44. The second-order valence-corrected chi connectivity index (χ2v) is 8.76. The number of pyridine rings is 1. The van der Waals surface area contributed by atoms with Crippen LogP contribution in [-0.2, 0) is 26.1 Å². The maximum absolute atomic E-state index is 12.4. The Hall–Kier alpha value is -1.23. The molecule has 0 saturated carbocycles. The fraction of sp³-hybridized carbons (Fsp3) is 0.571. The number of sulfonamides is 1. The van der Waals surface area contributed by atoms with E-state index < -0.39 is 39.9 Å². The monoisotopic (exact) mass is 420 g/mol. The number of nitrogens with zero attached hydrogens (tertiary/aromatic N) is 2. The van der Waals surface area contributed by atoms with Gasteiger partial charge >= 0.3 is 5.97 Å². The Morgan fingerprint density at radius 3 is 2.67 bits per heavy atom. The number of ether oxygens (including phenoxy) is 1. The van der Waals surface area contributed by atoms with E-state index in [1.807, 2.05) is 0 Å². The smallest absolute Gasteiger partial charge is 0.311 e. The van der Waals surface area contributed by atoms with Crippen molar-refractivity contribution in [2.24, 2.45) is 11.8 Å². The van der Waals surface area contributed by atoms with Crippen LogP contribution in [0, 0.1) is 11.8 Å². The third kappa shape index (κ3) is 2.43. The summed E-state index contributed by atoms with van der Waals surface area (Å²) in [5.41, 5.74) is 0.133. The Morgan fingerprint density at radius 1 is 1.46 bits per heavy atom. The molecule has 0 unspecified atom stereocenters. The van der Waals surface area contributed by atoms with E-state index in [1.54, 1.807) is 6.07 Å². The highest BCUT2D eigenvalue weighted by molar-refractivity contribution is 9.10. The zero-order chi connectivity index (χ0) is 17.8. The molecule has 8 nitrogen and oxygen atoms in total. The van der Waals surface area contributed by atoms with Gasteiger partial charge in [-0.25, -0.2) is 8.42 Å². The second-order valence-electron chi connectivity index (χ2n) is 6.02. The maximum Gasteiger partial charge on any atom is 0.311 e. The number of methoxy groups -OCH3 is 1. The lowest BCUT2D eigenvalue weighted by Crippen LogP contribution is -2.48. The van der Waals surface area contributed by atoms with Gasteiger partial charge in [0, 0.05) is 30.8 Å². The summed E-state index contributed by atoms with van der Waals surface area (Å²) < 4.78 is 32.5. The molecule has 0 amide bonds. The number of rotatable bonds is 3. The lowest BCUT2D eigenvalue weighted by atomic mass is 9.87. The predicted octanol–water partition coefficient (Wildman–Crippen LogP) is -0.293. The molecule has 3 heterocycles. The van der Waals surface area contributed by atoms with Crippen LogP contribution in [0.15, 0.2) is 21.4 Å². The van der Waals surface area contributed by atoms with Crippen molar-refractivity contribution in [1.29, 1.82) is 0 Å². The van der Waals surface area contributed by atoms with E-state index in [9.17, 15) is 23.1 Å². The number of fused-ring (bicyclic) bond motifs is 4. The standard InChI is InChI=1S/C14H17BrN2O6S/c1-23-14(20)11-7(6-18)10-5-16-9(4-3-8(15)13(16)19)12(11)17(10)24(2,21)22/h3-4,7,10-12,18H,5-6H2,1-2H3/t7-,10-,11+,12+/m0/s1. The number of carbonyl (C=O) groups is 1. The molecule has 1 N–H and O–H groups in total. The van der Waals surface area contributed by atoms with Crippen LogP contribution in [0.1, 0.15) is 11.7 Å². The van der Waals surface area contributed by atoms with Crippen molar-refractivity contribution in [3.63, 3.8) is 0 Å². The van der Waals surface area contributed by atoms with Gasteiger partial charge in [-0.2, -0.15) is 4.31 Å². The van der Waals surface area contributed by atoms with Crippen molar-refractivity contribution < 1.29 is 23.1 Å². The lowest BCUT2D eigenvalue weighted by molar-refractivity contribution is -0.148. The molecular formula is C14H17BrN2O6S. The van der Waals surface area contributed by atoms with Crippen LogP contribution in [0.4, 0.5) is 0 Å². The highest BCUT2D eigenvalue weighted by Gasteiger charge is 2.59. The summed E-state index contributed by atoms with van der Waals surface area (Å²) in [6.45, 7) is -0.299. The zero-order valence-corrected chi connectivity index (χ0v) is 15.4. The zero-order valence-electron chi connectivity index (χ0n) is 13.0. The number of hydrogen-bond acceptors (Lipinski definition) is 6. The minimum atomic E-state index is -3.66. The molecular weight excluding hydrogens is 404 g/mol. The molecule has 2 aliphatic heterocycles. The number of hydrogen-bond donors (Lipinski definition) is 1. The molecule has 10 heteroatoms. The molecule has 0 aliphatic carbocycles. The molecule has 1 saturated heterocycles. The normalized spacial score (nSPS) is 29.3. The minimum Gasteiger partial charge on any atom is -0.469 e. The van der Waals surface area contributed by atoms with Crippen LogP contribution in [0.5, 0.6) is 0 Å². The number of aromatic nitrogens is 1. The van der Waals surface area contributed by atoms with Crippen LogP contribution in [0.25, 0.3) is 0 Å². The quantitative estimate of drug-likeness (QED) is 0.673. The average Bonchev–Trinajstić information content (AvgIpc) is 2.78. The van der Waals surface area contributed by atoms with Gasteiger partial charge in [-0.05, 0) is 28.1 Å². The molecule has 2 aliphatic rings. The number of aliphatic hydroxyl groups excluding tert-OH is 1. The first-order valence-electron chi connectivity index (χ1n) is 7.28. The summed E-state index contributed by atoms with van der Waals surface area (Å²) in [6, 6.07) is 1.61. The highest BCUT2D eigenvalue weighted by atomic mass is 79.9. The molecule has 132 valence electrons. The van der Waals surface area contributed by atoms with Gasteiger partial charge < -0.3 is 14.4 Å². The van der Waals surface area contributed by atoms with E-state index in [0.29, 0.717) is 10.2 Å². The molecule has 1 aromatic rings. The first-order valence-corrected chi connectivity index (χ1v) is 9.93. The van der Waals surface area contributed by atoms with Gasteiger partial charge in [0.25, 0.3) is 5.56 Å². The van der Waals surface area contributed by atoms with Gasteiger partial charge in [0.2, 0.25) is 10.0 Å². The lowest BCUT2D eigenvalue weighted by Gasteiger charge is -2.36. The van der Waals surface area contributed by atoms with Crippen LogP contribution < -0.4 is 5.56 Å². The maximum atomic E-state index is 12.4. The molecule has 0 spiro atoms. The minimum absolute atomic E-state index is 0.0793. The number of aliphatic hydroxyl groups is 1. The Bertz CT molecular complexity index is 851. The van der Waals surface area contributed by atoms with Crippen molar-refractivity contribution in [1.82, 2.24) is 8.87 Å². The van der Waals surface area contributed by atoms with E-state index in [2.05, 4.69) is 15.9 Å². The van der Waals surface area contributed by atoms with Gasteiger partial charge in [-0.3, -0.25) is 9.59 Å². The summed E-state index contributed by atoms with van der Waals surface area (Å²) >= 11 is 3.17. The highest BCUT2D eigenvalue weighted by Crippen LogP contribution is 2.49. The summed E-state index contributed by atoms with van der Waals surface area (Å²) in [4.78, 5) is 24.7. The second kappa shape index (κ2) is 5.94. The molecule has 0 aromatic carbocycles. The van der Waals surface area contributed by atoms with Crippen molar-refractivity contribution >= 4 is 31.9 Å². The Morgan fingerprint density at radius 2 is 2.12 bits per heavy atom. The van der Waals surface area contributed by atoms with E-state index in [1.165, 1.54) is 22.0 Å². The molecule has 1 aromatic heterocycles. The molecule has 1 fully saturated rings. The van der Waals surface area contributed by atoms with Crippen molar-refractivity contribution in [2.75, 3.05) is 20.0 Å². The first kappa shape index (κ1) is 17.6. The van der Waals surface area contributed by atoms with Crippen LogP contribution >= 0.6 is 15.9 Å². The summed E-state index contributed by atoms with van der Waals surface area (Å²) in [5, 5.41) is 9.79. The van der Waals surface area contributed by atoms with Crippen molar-refractivity contribution in [2.45, 2.75) is 18.6 Å². The van der Waals surface area contributed by atoms with Gasteiger partial charge in [-0.1, -0.05) is 0 Å². The van der Waals surface area contributed by atoms with Crippen LogP contribution in [-0.4, -0.2) is 54.4 Å². The fourth-order valence-electron chi connectivity index (χ4n) is 3.88. The van der Waals surface area contributed by atoms with E-state index in [4.69, 9.17) is 4.74 Å². The number of carbonyl (C=O) groups excluding carboxylic acids is 1. The third-order valence-corrected chi connectivity index (χ3v) is 6.67. The van der Waals surface area contributed by atoms with Gasteiger partial charge in [0.1, 0.15) is 0 Å². The fourth-order valence-corrected chi connectivity index (χ4v) is 5.60. The first-order chi connectivity index (χ1) is 11.2. The molecule has 0 radical (unpaired) electrons. The topological polar surface area (TPSA) is 106 Å². The van der Waals surface area contributed by atoms with E-state index in [-0.39, 0.29) is 18.7 Å². The Labute approximate surface area is 147 Å². The largest absolute Gasteiger partial charge is 0.469 e. The van der Waals surface area contributed by atoms with Crippen LogP contribution in [0.2, 0.25) is 0 Å². The van der Waals surface area contributed by atoms with Crippen molar-refractivity contribution in [3.8, 4) is 0 Å². The average molecular weight is 421 g/mol. The molecule has 3 rings (SSSR count). The molecule has 4 atom stereocenters. The third-order valence-electron chi connectivity index (χ3n) is 4.80. The van der Waals surface area contributed by atoms with Crippen molar-refractivity contribution in [3.05, 3.63) is 32.7 Å². The molecule has 24 heavy (non-hydrogen) atoms. The summed E-state index contributed by atoms with van der Waals surface area (Å²) in [6.07, 6.45) is 1.06. The van der Waals surface area contributed by atoms with E-state index >= 15 is 0 Å². The molecule has 2 bridgehead atoms. The number of halogens is 1. The van der Waals surface area contributed by atoms with Crippen LogP contribution in [0.3, 0.4) is 0 Å². The van der Waals surface area contributed by atoms with Gasteiger partial charge in [0.05, 0.1) is 29.8 Å². The number of esters is 1. The predicted molar refractivity (Wildman–Crippen MR) is 87.7 cm³/mol. The van der Waals surface area contributed by atoms with Gasteiger partial charge in [-0.15, -0.1) is 0 Å². The SMILES string of the molecule is COC(=O)[C@@H]1[C@@H](CO)[C@@H]2Cn3c(ccc(Br)c3=O)[C@H]1N2S(C)(=O)=O. The Balaban J connectivity index is 2.28. The van der Waals surface area contributed by atoms with E-state index in [0.717, 1.165) is 6.26 Å². The van der Waals surface area contributed by atoms with Gasteiger partial charge in [0.15, 0.2) is 0 Å².